The van der Waals surface area contributed by atoms with E-state index in [-0.39, 0.29) is 11.6 Å². The predicted octanol–water partition coefficient (Wildman–Crippen LogP) is 2.49. The van der Waals surface area contributed by atoms with Gasteiger partial charge in [0.25, 0.3) is 5.56 Å². The number of nitrogens with zero attached hydrogens (tertiary/aromatic N) is 2. The molecule has 1 aromatic heterocycles. The fraction of sp³-hybridized carbons (Fsp3) is 0.529. The van der Waals surface area contributed by atoms with Crippen LogP contribution in [0, 0.1) is 0 Å². The molecule has 0 aliphatic rings. The molecule has 1 aromatic carbocycles. The van der Waals surface area contributed by atoms with Crippen molar-refractivity contribution < 1.29 is 4.74 Å². The van der Waals surface area contributed by atoms with Gasteiger partial charge < -0.3 is 10.1 Å². The number of nitrogens with one attached hydrogen (secondary N) is 1. The second-order valence-electron chi connectivity index (χ2n) is 5.47. The van der Waals surface area contributed by atoms with Crippen LogP contribution < -0.4 is 10.9 Å². The number of hydrogen-bond acceptors (Lipinski definition) is 4. The Kier molecular flexibility index (Phi) is 6.10. The standard InChI is InChI=1S/C17H25N3O2/c1-4-5-10-18-13(2)16-19-15-9-7-6-8-14(15)17(21)20(16)11-12-22-3/h6-9,13,18H,4-5,10-12H2,1-3H3. The maximum absolute atomic E-state index is 12.7. The average molecular weight is 303 g/mol. The highest BCUT2D eigenvalue weighted by Crippen LogP contribution is 2.13. The van der Waals surface area contributed by atoms with Crippen LogP contribution in [0.25, 0.3) is 10.9 Å². The van der Waals surface area contributed by atoms with E-state index in [1.54, 1.807) is 11.7 Å². The normalized spacial score (nSPS) is 12.7. The molecule has 0 radical (unpaired) electrons. The van der Waals surface area contributed by atoms with Gasteiger partial charge in [0.05, 0.1) is 30.1 Å². The van der Waals surface area contributed by atoms with Crippen LogP contribution in [0.1, 0.15) is 38.6 Å². The Hall–Kier alpha value is -1.72. The first-order chi connectivity index (χ1) is 10.7. The number of rotatable bonds is 8. The molecular weight excluding hydrogens is 278 g/mol. The number of unbranched alkanes of at least 4 members (excludes halogenated alkanes) is 1. The molecule has 0 spiro atoms. The van der Waals surface area contributed by atoms with Crippen molar-refractivity contribution in [3.05, 3.63) is 40.4 Å². The molecule has 2 rings (SSSR count). The number of aromatic nitrogens is 2. The molecule has 0 aliphatic heterocycles. The summed E-state index contributed by atoms with van der Waals surface area (Å²) in [6, 6.07) is 7.52. The van der Waals surface area contributed by atoms with Crippen molar-refractivity contribution in [1.29, 1.82) is 0 Å². The third-order valence-corrected chi connectivity index (χ3v) is 3.78. The van der Waals surface area contributed by atoms with E-state index in [1.165, 1.54) is 0 Å². The molecule has 120 valence electrons. The minimum Gasteiger partial charge on any atom is -0.383 e. The van der Waals surface area contributed by atoms with Gasteiger partial charge >= 0.3 is 0 Å². The number of fused-ring (bicyclic) bond motifs is 1. The fourth-order valence-corrected chi connectivity index (χ4v) is 2.50. The van der Waals surface area contributed by atoms with Crippen molar-refractivity contribution in [3.8, 4) is 0 Å². The van der Waals surface area contributed by atoms with E-state index < -0.39 is 0 Å². The van der Waals surface area contributed by atoms with Gasteiger partial charge in [-0.05, 0) is 32.0 Å². The van der Waals surface area contributed by atoms with Crippen molar-refractivity contribution >= 4 is 10.9 Å². The number of methoxy groups -OCH3 is 1. The van der Waals surface area contributed by atoms with E-state index in [9.17, 15) is 4.79 Å². The van der Waals surface area contributed by atoms with Crippen LogP contribution in [0.4, 0.5) is 0 Å². The smallest absolute Gasteiger partial charge is 0.261 e. The number of hydrogen-bond donors (Lipinski definition) is 1. The zero-order valence-electron chi connectivity index (χ0n) is 13.6. The fourth-order valence-electron chi connectivity index (χ4n) is 2.50. The minimum absolute atomic E-state index is 0.00166. The van der Waals surface area contributed by atoms with Gasteiger partial charge in [0.15, 0.2) is 0 Å². The van der Waals surface area contributed by atoms with Crippen LogP contribution in [-0.2, 0) is 11.3 Å². The molecule has 1 N–H and O–H groups in total. The average Bonchev–Trinajstić information content (AvgIpc) is 2.54. The monoisotopic (exact) mass is 303 g/mol. The highest BCUT2D eigenvalue weighted by molar-refractivity contribution is 5.77. The van der Waals surface area contributed by atoms with Gasteiger partial charge in [-0.3, -0.25) is 9.36 Å². The molecule has 5 nitrogen and oxygen atoms in total. The van der Waals surface area contributed by atoms with E-state index >= 15 is 0 Å². The predicted molar refractivity (Wildman–Crippen MR) is 89.2 cm³/mol. The van der Waals surface area contributed by atoms with Gasteiger partial charge in [-0.25, -0.2) is 4.98 Å². The molecule has 0 amide bonds. The third kappa shape index (κ3) is 3.72. The van der Waals surface area contributed by atoms with E-state index in [2.05, 4.69) is 19.2 Å². The summed E-state index contributed by atoms with van der Waals surface area (Å²) in [5, 5.41) is 4.10. The van der Waals surface area contributed by atoms with Gasteiger partial charge in [-0.2, -0.15) is 0 Å². The van der Waals surface area contributed by atoms with Gasteiger partial charge in [0.1, 0.15) is 5.82 Å². The molecular formula is C17H25N3O2. The molecule has 1 heterocycles. The molecule has 0 bridgehead atoms. The van der Waals surface area contributed by atoms with Crippen molar-refractivity contribution in [2.75, 3.05) is 20.3 Å². The maximum atomic E-state index is 12.7. The number of para-hydroxylation sites is 1. The first-order valence-corrected chi connectivity index (χ1v) is 7.90. The second kappa shape index (κ2) is 8.06. The van der Waals surface area contributed by atoms with Crippen LogP contribution in [0.2, 0.25) is 0 Å². The molecule has 0 saturated carbocycles. The molecule has 1 atom stereocenters. The van der Waals surface area contributed by atoms with Crippen LogP contribution in [0.15, 0.2) is 29.1 Å². The van der Waals surface area contributed by atoms with Crippen LogP contribution in [0.5, 0.6) is 0 Å². The van der Waals surface area contributed by atoms with Gasteiger partial charge in [-0.1, -0.05) is 25.5 Å². The summed E-state index contributed by atoms with van der Waals surface area (Å²) in [6.45, 7) is 6.15. The lowest BCUT2D eigenvalue weighted by molar-refractivity contribution is 0.184. The van der Waals surface area contributed by atoms with Crippen LogP contribution >= 0.6 is 0 Å². The lowest BCUT2D eigenvalue weighted by Gasteiger charge is -2.19. The number of ether oxygens (including phenoxy) is 1. The zero-order valence-corrected chi connectivity index (χ0v) is 13.6. The summed E-state index contributed by atoms with van der Waals surface area (Å²) in [6.07, 6.45) is 2.25. The lowest BCUT2D eigenvalue weighted by Crippen LogP contribution is -2.32. The Morgan fingerprint density at radius 3 is 2.86 bits per heavy atom. The Bertz CT molecular complexity index is 666. The largest absolute Gasteiger partial charge is 0.383 e. The lowest BCUT2D eigenvalue weighted by atomic mass is 10.2. The zero-order chi connectivity index (χ0) is 15.9. The first kappa shape index (κ1) is 16.6. The summed E-state index contributed by atoms with van der Waals surface area (Å²) in [5.41, 5.74) is 0.752. The van der Waals surface area contributed by atoms with E-state index in [4.69, 9.17) is 9.72 Å². The summed E-state index contributed by atoms with van der Waals surface area (Å²) in [7, 11) is 1.64. The van der Waals surface area contributed by atoms with Crippen molar-refractivity contribution in [2.24, 2.45) is 0 Å². The molecule has 0 aliphatic carbocycles. The van der Waals surface area contributed by atoms with E-state index in [1.807, 2.05) is 24.3 Å². The molecule has 22 heavy (non-hydrogen) atoms. The quantitative estimate of drug-likeness (QED) is 0.761. The second-order valence-corrected chi connectivity index (χ2v) is 5.47. The Balaban J connectivity index is 2.42. The van der Waals surface area contributed by atoms with E-state index in [0.717, 1.165) is 30.7 Å². The van der Waals surface area contributed by atoms with Crippen molar-refractivity contribution in [2.45, 2.75) is 39.3 Å². The van der Waals surface area contributed by atoms with Crippen molar-refractivity contribution in [1.82, 2.24) is 14.9 Å². The van der Waals surface area contributed by atoms with Crippen molar-refractivity contribution in [3.63, 3.8) is 0 Å². The number of benzene rings is 1. The Morgan fingerprint density at radius 1 is 1.36 bits per heavy atom. The molecule has 1 unspecified atom stereocenters. The summed E-state index contributed by atoms with van der Waals surface area (Å²) < 4.78 is 6.87. The van der Waals surface area contributed by atoms with Crippen LogP contribution in [-0.4, -0.2) is 29.8 Å². The maximum Gasteiger partial charge on any atom is 0.261 e. The molecule has 5 heteroatoms. The third-order valence-electron chi connectivity index (χ3n) is 3.78. The van der Waals surface area contributed by atoms with Gasteiger partial charge in [-0.15, -0.1) is 0 Å². The molecule has 2 aromatic rings. The summed E-state index contributed by atoms with van der Waals surface area (Å²) in [5.74, 6) is 0.775. The summed E-state index contributed by atoms with van der Waals surface area (Å²) in [4.78, 5) is 17.4. The Labute approximate surface area is 131 Å². The van der Waals surface area contributed by atoms with E-state index in [0.29, 0.717) is 18.5 Å². The SMILES string of the molecule is CCCCNC(C)c1nc2ccccc2c(=O)n1CCOC. The van der Waals surface area contributed by atoms with Gasteiger partial charge in [0.2, 0.25) is 0 Å². The first-order valence-electron chi connectivity index (χ1n) is 7.90. The molecule has 0 fully saturated rings. The van der Waals surface area contributed by atoms with Gasteiger partial charge in [0, 0.05) is 7.11 Å². The highest BCUT2D eigenvalue weighted by Gasteiger charge is 2.15. The minimum atomic E-state index is 0.00166. The summed E-state index contributed by atoms with van der Waals surface area (Å²) >= 11 is 0. The molecule has 0 saturated heterocycles. The van der Waals surface area contributed by atoms with Crippen LogP contribution in [0.3, 0.4) is 0 Å². The Morgan fingerprint density at radius 2 is 2.14 bits per heavy atom. The topological polar surface area (TPSA) is 56.2 Å². The highest BCUT2D eigenvalue weighted by atomic mass is 16.5.